The van der Waals surface area contributed by atoms with Crippen LogP contribution in [0.1, 0.15) is 33.0 Å². The van der Waals surface area contributed by atoms with Crippen LogP contribution in [0.3, 0.4) is 0 Å². The summed E-state index contributed by atoms with van der Waals surface area (Å²) >= 11 is 1.35. The summed E-state index contributed by atoms with van der Waals surface area (Å²) in [4.78, 5) is 26.3. The van der Waals surface area contributed by atoms with Gasteiger partial charge in [-0.1, -0.05) is 19.0 Å². The number of amides is 2. The zero-order valence-corrected chi connectivity index (χ0v) is 15.0. The Morgan fingerprint density at radius 2 is 2.09 bits per heavy atom. The predicted molar refractivity (Wildman–Crippen MR) is 91.3 cm³/mol. The molecule has 0 aliphatic carbocycles. The lowest BCUT2D eigenvalue weighted by Crippen LogP contribution is -2.43. The molecule has 1 aromatic heterocycles. The van der Waals surface area contributed by atoms with Crippen molar-refractivity contribution >= 4 is 29.4 Å². The molecule has 0 radical (unpaired) electrons. The van der Waals surface area contributed by atoms with E-state index >= 15 is 0 Å². The van der Waals surface area contributed by atoms with Crippen LogP contribution in [0.15, 0.2) is 10.6 Å². The van der Waals surface area contributed by atoms with Crippen LogP contribution in [0.5, 0.6) is 0 Å². The maximum absolute atomic E-state index is 12.3. The largest absolute Gasteiger partial charge is 0.360 e. The lowest BCUT2D eigenvalue weighted by Gasteiger charge is -2.35. The predicted octanol–water partition coefficient (Wildman–Crippen LogP) is 2.55. The lowest BCUT2D eigenvalue weighted by atomic mass is 9.92. The van der Waals surface area contributed by atoms with E-state index in [9.17, 15) is 9.59 Å². The number of nitrogens with one attached hydrogen (secondary N) is 1. The van der Waals surface area contributed by atoms with E-state index in [1.165, 1.54) is 18.2 Å². The molecular formula is C16H25N3O3S. The van der Waals surface area contributed by atoms with Crippen molar-refractivity contribution in [1.29, 1.82) is 0 Å². The standard InChI is InChI=1S/C16H25N3O3S/c1-10-5-11(2)8-19(7-10)15(20)9-23-13(4)16(21)17-14-6-12(3)22-18-14/h6,10-11,13H,5,7-9H2,1-4H3,(H,17,18,21). The van der Waals surface area contributed by atoms with Gasteiger partial charge in [-0.25, -0.2) is 0 Å². The third kappa shape index (κ3) is 5.27. The number of aryl methyl sites for hydroxylation is 1. The van der Waals surface area contributed by atoms with Crippen molar-refractivity contribution in [2.24, 2.45) is 11.8 Å². The maximum Gasteiger partial charge on any atom is 0.238 e. The summed E-state index contributed by atoms with van der Waals surface area (Å²) in [6, 6.07) is 1.66. The molecule has 1 saturated heterocycles. The van der Waals surface area contributed by atoms with Crippen molar-refractivity contribution < 1.29 is 14.1 Å². The summed E-state index contributed by atoms with van der Waals surface area (Å²) in [7, 11) is 0. The molecule has 7 heteroatoms. The molecule has 0 saturated carbocycles. The van der Waals surface area contributed by atoms with Crippen molar-refractivity contribution in [2.75, 3.05) is 24.2 Å². The number of anilines is 1. The van der Waals surface area contributed by atoms with Crippen LogP contribution in [0.4, 0.5) is 5.82 Å². The molecule has 3 unspecified atom stereocenters. The molecule has 1 fully saturated rings. The molecule has 0 bridgehead atoms. The lowest BCUT2D eigenvalue weighted by molar-refractivity contribution is -0.130. The highest BCUT2D eigenvalue weighted by Crippen LogP contribution is 2.22. The van der Waals surface area contributed by atoms with Gasteiger partial charge in [-0.05, 0) is 32.1 Å². The van der Waals surface area contributed by atoms with Crippen molar-refractivity contribution in [3.8, 4) is 0 Å². The minimum atomic E-state index is -0.324. The van der Waals surface area contributed by atoms with Crippen LogP contribution in [-0.2, 0) is 9.59 Å². The van der Waals surface area contributed by atoms with E-state index in [1.807, 2.05) is 4.90 Å². The SMILES string of the molecule is Cc1cc(NC(=O)C(C)SCC(=O)N2CC(C)CC(C)C2)no1. The van der Waals surface area contributed by atoms with Crippen LogP contribution in [0, 0.1) is 18.8 Å². The highest BCUT2D eigenvalue weighted by molar-refractivity contribution is 8.01. The first-order valence-corrected chi connectivity index (χ1v) is 9.03. The summed E-state index contributed by atoms with van der Waals surface area (Å²) in [5, 5.41) is 6.10. The zero-order valence-electron chi connectivity index (χ0n) is 14.2. The molecule has 2 rings (SSSR count). The number of thioether (sulfide) groups is 1. The second-order valence-corrected chi connectivity index (χ2v) is 7.84. The Morgan fingerprint density at radius 1 is 1.43 bits per heavy atom. The van der Waals surface area contributed by atoms with Crippen molar-refractivity contribution in [3.63, 3.8) is 0 Å². The highest BCUT2D eigenvalue weighted by atomic mass is 32.2. The van der Waals surface area contributed by atoms with Crippen molar-refractivity contribution in [3.05, 3.63) is 11.8 Å². The summed E-state index contributed by atoms with van der Waals surface area (Å²) in [5.74, 6) is 2.41. The first kappa shape index (κ1) is 17.8. The van der Waals surface area contributed by atoms with E-state index < -0.39 is 0 Å². The monoisotopic (exact) mass is 339 g/mol. The average Bonchev–Trinajstić information content (AvgIpc) is 2.88. The molecule has 128 valence electrons. The minimum absolute atomic E-state index is 0.116. The Kier molecular flexibility index (Phi) is 6.10. The molecule has 2 heterocycles. The molecule has 2 amide bonds. The Morgan fingerprint density at radius 3 is 2.65 bits per heavy atom. The summed E-state index contributed by atoms with van der Waals surface area (Å²) < 4.78 is 4.91. The smallest absolute Gasteiger partial charge is 0.238 e. The maximum atomic E-state index is 12.3. The number of hydrogen-bond acceptors (Lipinski definition) is 5. The van der Waals surface area contributed by atoms with Gasteiger partial charge < -0.3 is 14.7 Å². The first-order chi connectivity index (χ1) is 10.8. The topological polar surface area (TPSA) is 75.4 Å². The van der Waals surface area contributed by atoms with E-state index in [-0.39, 0.29) is 17.1 Å². The number of carbonyl (C=O) groups is 2. The average molecular weight is 339 g/mol. The summed E-state index contributed by atoms with van der Waals surface area (Å²) in [6.07, 6.45) is 1.17. The van der Waals surface area contributed by atoms with Gasteiger partial charge in [0.15, 0.2) is 5.82 Å². The zero-order chi connectivity index (χ0) is 17.0. The Labute approximate surface area is 141 Å². The highest BCUT2D eigenvalue weighted by Gasteiger charge is 2.26. The van der Waals surface area contributed by atoms with Gasteiger partial charge in [0, 0.05) is 19.2 Å². The van der Waals surface area contributed by atoms with Gasteiger partial charge >= 0.3 is 0 Å². The normalized spacial score (nSPS) is 22.7. The van der Waals surface area contributed by atoms with Crippen LogP contribution < -0.4 is 5.32 Å². The quantitative estimate of drug-likeness (QED) is 0.892. The molecule has 0 spiro atoms. The Balaban J connectivity index is 1.77. The van der Waals surface area contributed by atoms with E-state index in [0.29, 0.717) is 29.2 Å². The number of aromatic nitrogens is 1. The van der Waals surface area contributed by atoms with Gasteiger partial charge in [-0.15, -0.1) is 11.8 Å². The number of carbonyl (C=O) groups excluding carboxylic acids is 2. The van der Waals surface area contributed by atoms with E-state index in [1.54, 1.807) is 19.9 Å². The number of piperidine rings is 1. The molecule has 1 N–H and O–H groups in total. The number of hydrogen-bond donors (Lipinski definition) is 1. The van der Waals surface area contributed by atoms with Gasteiger partial charge in [0.05, 0.1) is 11.0 Å². The van der Waals surface area contributed by atoms with Gasteiger partial charge in [0.2, 0.25) is 11.8 Å². The van der Waals surface area contributed by atoms with Crippen molar-refractivity contribution in [2.45, 2.75) is 39.4 Å². The number of likely N-dealkylation sites (tertiary alicyclic amines) is 1. The molecule has 1 aliphatic heterocycles. The van der Waals surface area contributed by atoms with Crippen LogP contribution >= 0.6 is 11.8 Å². The van der Waals surface area contributed by atoms with E-state index in [2.05, 4.69) is 24.3 Å². The second kappa shape index (κ2) is 7.86. The van der Waals surface area contributed by atoms with Crippen molar-refractivity contribution in [1.82, 2.24) is 10.1 Å². The number of rotatable bonds is 5. The van der Waals surface area contributed by atoms with Gasteiger partial charge in [0.25, 0.3) is 0 Å². The fourth-order valence-corrected chi connectivity index (χ4v) is 3.67. The molecular weight excluding hydrogens is 314 g/mol. The second-order valence-electron chi connectivity index (χ2n) is 6.51. The van der Waals surface area contributed by atoms with Gasteiger partial charge in [0.1, 0.15) is 5.76 Å². The Bertz CT molecular complexity index is 551. The van der Waals surface area contributed by atoms with E-state index in [0.717, 1.165) is 13.1 Å². The molecule has 6 nitrogen and oxygen atoms in total. The summed E-state index contributed by atoms with van der Waals surface area (Å²) in [6.45, 7) is 9.56. The third-order valence-corrected chi connectivity index (χ3v) is 5.05. The van der Waals surface area contributed by atoms with Gasteiger partial charge in [-0.2, -0.15) is 0 Å². The third-order valence-electron chi connectivity index (χ3n) is 3.93. The van der Waals surface area contributed by atoms with Crippen LogP contribution in [-0.4, -0.2) is 46.0 Å². The molecule has 23 heavy (non-hydrogen) atoms. The molecule has 1 aliphatic rings. The minimum Gasteiger partial charge on any atom is -0.360 e. The first-order valence-electron chi connectivity index (χ1n) is 7.98. The van der Waals surface area contributed by atoms with Crippen LogP contribution in [0.2, 0.25) is 0 Å². The fourth-order valence-electron chi connectivity index (χ4n) is 2.88. The van der Waals surface area contributed by atoms with E-state index in [4.69, 9.17) is 4.52 Å². The Hall–Kier alpha value is -1.50. The van der Waals surface area contributed by atoms with Crippen LogP contribution in [0.25, 0.3) is 0 Å². The molecule has 3 atom stereocenters. The molecule has 1 aromatic rings. The van der Waals surface area contributed by atoms with Gasteiger partial charge in [-0.3, -0.25) is 9.59 Å². The number of nitrogens with zero attached hydrogens (tertiary/aromatic N) is 2. The summed E-state index contributed by atoms with van der Waals surface area (Å²) in [5.41, 5.74) is 0. The fraction of sp³-hybridized carbons (Fsp3) is 0.688. The molecule has 0 aromatic carbocycles.